The summed E-state index contributed by atoms with van der Waals surface area (Å²) in [5.41, 5.74) is 4.17. The number of carbonyl (C=O) groups excluding carboxylic acids is 3. The summed E-state index contributed by atoms with van der Waals surface area (Å²) in [6, 6.07) is 25.4. The molecule has 1 fully saturated rings. The highest BCUT2D eigenvalue weighted by molar-refractivity contribution is 6.32. The van der Waals surface area contributed by atoms with Crippen molar-refractivity contribution in [2.75, 3.05) is 16.9 Å². The van der Waals surface area contributed by atoms with Gasteiger partial charge in [0, 0.05) is 12.2 Å². The van der Waals surface area contributed by atoms with E-state index < -0.39 is 12.1 Å². The van der Waals surface area contributed by atoms with Gasteiger partial charge in [-0.2, -0.15) is 10.1 Å². The number of amides is 3. The first-order valence-corrected chi connectivity index (χ1v) is 12.5. The van der Waals surface area contributed by atoms with Crippen LogP contribution in [0, 0.1) is 0 Å². The van der Waals surface area contributed by atoms with Crippen LogP contribution >= 0.6 is 0 Å². The van der Waals surface area contributed by atoms with E-state index in [1.807, 2.05) is 72.8 Å². The maximum Gasteiger partial charge on any atom is 0.410 e. The minimum absolute atomic E-state index is 0.164. The van der Waals surface area contributed by atoms with Crippen LogP contribution in [-0.2, 0) is 20.9 Å². The number of rotatable bonds is 6. The van der Waals surface area contributed by atoms with Crippen LogP contribution in [-0.4, -0.2) is 41.1 Å². The zero-order valence-corrected chi connectivity index (χ0v) is 21.0. The van der Waals surface area contributed by atoms with Gasteiger partial charge in [0.2, 0.25) is 5.91 Å². The minimum atomic E-state index is -0.584. The zero-order valence-electron chi connectivity index (χ0n) is 21.0. The first-order chi connectivity index (χ1) is 18.5. The Balaban J connectivity index is 1.20. The smallest absolute Gasteiger partial charge is 0.410 e. The van der Waals surface area contributed by atoms with Crippen LogP contribution in [0.1, 0.15) is 30.9 Å². The lowest BCUT2D eigenvalue weighted by atomic mass is 10.1. The fraction of sp³-hybridized carbons (Fsp3) is 0.200. The number of nitrogens with one attached hydrogen (secondary N) is 1. The summed E-state index contributed by atoms with van der Waals surface area (Å²) in [4.78, 5) is 40.1. The summed E-state index contributed by atoms with van der Waals surface area (Å²) in [5.74, 6) is -0.440. The van der Waals surface area contributed by atoms with Gasteiger partial charge in [-0.1, -0.05) is 60.7 Å². The zero-order chi connectivity index (χ0) is 26.5. The molecule has 3 amide bonds. The Hall–Kier alpha value is -4.72. The second kappa shape index (κ2) is 11.1. The van der Waals surface area contributed by atoms with Gasteiger partial charge in [0.25, 0.3) is 5.91 Å². The molecule has 8 nitrogen and oxygen atoms in total. The SMILES string of the molecule is CC1=NN(c2ccccc2)C(=O)/C1=C/c1ccc(NC(=O)C2CCCN2C(=O)OCc2ccccc2)cc1. The van der Waals surface area contributed by atoms with Gasteiger partial charge in [-0.3, -0.25) is 14.5 Å². The van der Waals surface area contributed by atoms with Crippen LogP contribution in [0.25, 0.3) is 6.08 Å². The Morgan fingerprint density at radius 3 is 2.39 bits per heavy atom. The first kappa shape index (κ1) is 25.0. The third-order valence-electron chi connectivity index (χ3n) is 6.55. The van der Waals surface area contributed by atoms with E-state index in [2.05, 4.69) is 10.4 Å². The average molecular weight is 509 g/mol. The summed E-state index contributed by atoms with van der Waals surface area (Å²) in [7, 11) is 0. The van der Waals surface area contributed by atoms with Gasteiger partial charge < -0.3 is 10.1 Å². The van der Waals surface area contributed by atoms with Crippen molar-refractivity contribution < 1.29 is 19.1 Å². The molecule has 2 aliphatic rings. The van der Waals surface area contributed by atoms with E-state index in [-0.39, 0.29) is 18.4 Å². The molecular formula is C30H28N4O4. The number of hydrogen-bond acceptors (Lipinski definition) is 5. The molecule has 3 aromatic carbocycles. The predicted molar refractivity (Wildman–Crippen MR) is 146 cm³/mol. The molecule has 192 valence electrons. The lowest BCUT2D eigenvalue weighted by Crippen LogP contribution is -2.43. The molecule has 3 aromatic rings. The fourth-order valence-electron chi connectivity index (χ4n) is 4.54. The van der Waals surface area contributed by atoms with Gasteiger partial charge >= 0.3 is 6.09 Å². The van der Waals surface area contributed by atoms with E-state index in [1.165, 1.54) is 9.91 Å². The Bertz CT molecular complexity index is 1380. The largest absolute Gasteiger partial charge is 0.445 e. The number of nitrogens with zero attached hydrogens (tertiary/aromatic N) is 3. The summed E-state index contributed by atoms with van der Waals surface area (Å²) in [6.45, 7) is 2.45. The predicted octanol–water partition coefficient (Wildman–Crippen LogP) is 5.23. The molecule has 8 heteroatoms. The molecule has 0 aromatic heterocycles. The Morgan fingerprint density at radius 2 is 1.68 bits per heavy atom. The molecule has 1 unspecified atom stereocenters. The summed E-state index contributed by atoms with van der Waals surface area (Å²) >= 11 is 0. The Labute approximate surface area is 221 Å². The Morgan fingerprint density at radius 1 is 1.00 bits per heavy atom. The molecule has 0 bridgehead atoms. The lowest BCUT2D eigenvalue weighted by Gasteiger charge is -2.23. The number of carbonyl (C=O) groups is 3. The summed E-state index contributed by atoms with van der Waals surface area (Å²) in [6.07, 6.45) is 2.61. The third-order valence-corrected chi connectivity index (χ3v) is 6.55. The third kappa shape index (κ3) is 5.49. The van der Waals surface area contributed by atoms with E-state index in [9.17, 15) is 14.4 Å². The quantitative estimate of drug-likeness (QED) is 0.462. The van der Waals surface area contributed by atoms with Gasteiger partial charge in [0.1, 0.15) is 12.6 Å². The number of para-hydroxylation sites is 1. The van der Waals surface area contributed by atoms with Gasteiger partial charge in [0.05, 0.1) is 17.0 Å². The number of hydrogen-bond donors (Lipinski definition) is 1. The molecule has 2 heterocycles. The number of hydrazone groups is 1. The molecular weight excluding hydrogens is 480 g/mol. The van der Waals surface area contributed by atoms with Gasteiger partial charge in [-0.15, -0.1) is 0 Å². The molecule has 1 atom stereocenters. The molecule has 0 spiro atoms. The molecule has 1 N–H and O–H groups in total. The van der Waals surface area contributed by atoms with Crippen molar-refractivity contribution in [3.8, 4) is 0 Å². The first-order valence-electron chi connectivity index (χ1n) is 12.5. The van der Waals surface area contributed by atoms with Crippen molar-refractivity contribution in [2.24, 2.45) is 5.10 Å². The van der Waals surface area contributed by atoms with E-state index >= 15 is 0 Å². The van der Waals surface area contributed by atoms with Crippen molar-refractivity contribution in [3.05, 3.63) is 102 Å². The topological polar surface area (TPSA) is 91.3 Å². The summed E-state index contributed by atoms with van der Waals surface area (Å²) < 4.78 is 5.43. The average Bonchev–Trinajstić information content (AvgIpc) is 3.55. The minimum Gasteiger partial charge on any atom is -0.445 e. The fourth-order valence-corrected chi connectivity index (χ4v) is 4.54. The maximum atomic E-state index is 13.0. The molecule has 0 aliphatic carbocycles. The van der Waals surface area contributed by atoms with Gasteiger partial charge in [0.15, 0.2) is 0 Å². The highest BCUT2D eigenvalue weighted by Crippen LogP contribution is 2.25. The molecule has 0 radical (unpaired) electrons. The van der Waals surface area contributed by atoms with Crippen LogP contribution in [0.15, 0.2) is 95.6 Å². The number of ether oxygens (including phenoxy) is 1. The number of likely N-dealkylation sites (tertiary alicyclic amines) is 1. The molecule has 2 aliphatic heterocycles. The van der Waals surface area contributed by atoms with Crippen molar-refractivity contribution in [2.45, 2.75) is 32.4 Å². The van der Waals surface area contributed by atoms with E-state index in [0.717, 1.165) is 17.5 Å². The highest BCUT2D eigenvalue weighted by Gasteiger charge is 2.35. The molecule has 38 heavy (non-hydrogen) atoms. The molecule has 1 saturated heterocycles. The van der Waals surface area contributed by atoms with Crippen molar-refractivity contribution in [1.29, 1.82) is 0 Å². The van der Waals surface area contributed by atoms with Crippen molar-refractivity contribution in [1.82, 2.24) is 4.90 Å². The number of benzene rings is 3. The van der Waals surface area contributed by atoms with Crippen LogP contribution in [0.3, 0.4) is 0 Å². The number of anilines is 2. The maximum absolute atomic E-state index is 13.0. The van der Waals surface area contributed by atoms with Crippen LogP contribution in [0.4, 0.5) is 16.2 Å². The summed E-state index contributed by atoms with van der Waals surface area (Å²) in [5, 5.41) is 8.70. The molecule has 0 saturated carbocycles. The molecule has 5 rings (SSSR count). The monoisotopic (exact) mass is 508 g/mol. The van der Waals surface area contributed by atoms with E-state index in [0.29, 0.717) is 35.6 Å². The second-order valence-electron chi connectivity index (χ2n) is 9.20. The standard InChI is InChI=1S/C30H28N4O4/c1-21-26(29(36)34(32-21)25-11-6-3-7-12-25)19-22-14-16-24(17-15-22)31-28(35)27-13-8-18-33(27)30(37)38-20-23-9-4-2-5-10-23/h2-7,9-12,14-17,19,27H,8,13,18,20H2,1H3,(H,31,35)/b26-19+. The highest BCUT2D eigenvalue weighted by atomic mass is 16.6. The lowest BCUT2D eigenvalue weighted by molar-refractivity contribution is -0.120. The second-order valence-corrected chi connectivity index (χ2v) is 9.20. The van der Waals surface area contributed by atoms with Crippen molar-refractivity contribution >= 4 is 41.1 Å². The van der Waals surface area contributed by atoms with Crippen LogP contribution < -0.4 is 10.3 Å². The van der Waals surface area contributed by atoms with Crippen molar-refractivity contribution in [3.63, 3.8) is 0 Å². The van der Waals surface area contributed by atoms with E-state index in [4.69, 9.17) is 4.74 Å². The van der Waals surface area contributed by atoms with E-state index in [1.54, 1.807) is 25.1 Å². The normalized spacial score (nSPS) is 18.0. The van der Waals surface area contributed by atoms with Crippen LogP contribution in [0.5, 0.6) is 0 Å². The van der Waals surface area contributed by atoms with Gasteiger partial charge in [-0.05, 0) is 61.2 Å². The van der Waals surface area contributed by atoms with Crippen LogP contribution in [0.2, 0.25) is 0 Å². The Kier molecular flexibility index (Phi) is 7.31. The van der Waals surface area contributed by atoms with Gasteiger partial charge in [-0.25, -0.2) is 4.79 Å².